The van der Waals surface area contributed by atoms with E-state index in [1.165, 1.54) is 6.33 Å². The third-order valence-electron chi connectivity index (χ3n) is 2.46. The summed E-state index contributed by atoms with van der Waals surface area (Å²) in [5.74, 6) is 0.731. The zero-order valence-electron chi connectivity index (χ0n) is 9.57. The second-order valence-corrected chi connectivity index (χ2v) is 5.31. The van der Waals surface area contributed by atoms with E-state index in [1.807, 2.05) is 36.2 Å². The van der Waals surface area contributed by atoms with Gasteiger partial charge in [-0.05, 0) is 27.6 Å². The standard InChI is InChI=1S/C12H10BrCl2N3/c1-18(6-8-4-2-3-5-9(8)14)12-10(13)11(15)16-7-17-12/h2-5,7H,6H2,1H3. The smallest absolute Gasteiger partial charge is 0.148 e. The second kappa shape index (κ2) is 5.87. The predicted molar refractivity (Wildman–Crippen MR) is 78.3 cm³/mol. The average Bonchev–Trinajstić information content (AvgIpc) is 2.35. The number of anilines is 1. The van der Waals surface area contributed by atoms with Crippen molar-refractivity contribution in [1.29, 1.82) is 0 Å². The molecule has 1 aromatic carbocycles. The molecule has 18 heavy (non-hydrogen) atoms. The third-order valence-corrected chi connectivity index (χ3v) is 4.07. The van der Waals surface area contributed by atoms with E-state index in [4.69, 9.17) is 23.2 Å². The predicted octanol–water partition coefficient (Wildman–Crippen LogP) is 4.18. The first kappa shape index (κ1) is 13.6. The Hall–Kier alpha value is -0.840. The summed E-state index contributed by atoms with van der Waals surface area (Å²) in [6, 6.07) is 7.71. The Morgan fingerprint density at radius 3 is 2.67 bits per heavy atom. The first-order valence-electron chi connectivity index (χ1n) is 5.20. The van der Waals surface area contributed by atoms with E-state index in [9.17, 15) is 0 Å². The summed E-state index contributed by atoms with van der Waals surface area (Å²) < 4.78 is 0.682. The molecule has 0 unspecified atom stereocenters. The first-order valence-corrected chi connectivity index (χ1v) is 6.75. The van der Waals surface area contributed by atoms with Gasteiger partial charge in [0.2, 0.25) is 0 Å². The minimum absolute atomic E-state index is 0.394. The van der Waals surface area contributed by atoms with Crippen LogP contribution >= 0.6 is 39.1 Å². The first-order chi connectivity index (χ1) is 8.59. The van der Waals surface area contributed by atoms with Gasteiger partial charge >= 0.3 is 0 Å². The fraction of sp³-hybridized carbons (Fsp3) is 0.167. The number of nitrogens with zero attached hydrogens (tertiary/aromatic N) is 3. The molecule has 0 atom stereocenters. The SMILES string of the molecule is CN(Cc1ccccc1Cl)c1ncnc(Cl)c1Br. The number of halogens is 3. The molecule has 0 fully saturated rings. The summed E-state index contributed by atoms with van der Waals surface area (Å²) in [7, 11) is 1.92. The van der Waals surface area contributed by atoms with E-state index in [0.29, 0.717) is 16.2 Å². The number of rotatable bonds is 3. The lowest BCUT2D eigenvalue weighted by Crippen LogP contribution is -2.18. The Kier molecular flexibility index (Phi) is 4.43. The van der Waals surface area contributed by atoms with Gasteiger partial charge in [-0.1, -0.05) is 41.4 Å². The second-order valence-electron chi connectivity index (χ2n) is 3.75. The van der Waals surface area contributed by atoms with Gasteiger partial charge in [0.25, 0.3) is 0 Å². The van der Waals surface area contributed by atoms with Gasteiger partial charge in [-0.15, -0.1) is 0 Å². The van der Waals surface area contributed by atoms with E-state index in [-0.39, 0.29) is 0 Å². The van der Waals surface area contributed by atoms with Crippen molar-refractivity contribution in [3.63, 3.8) is 0 Å². The summed E-state index contributed by atoms with van der Waals surface area (Å²) in [6.07, 6.45) is 1.44. The summed E-state index contributed by atoms with van der Waals surface area (Å²) in [5.41, 5.74) is 1.03. The molecule has 0 N–H and O–H groups in total. The van der Waals surface area contributed by atoms with Gasteiger partial charge in [0.05, 0.1) is 4.47 Å². The van der Waals surface area contributed by atoms with Crippen molar-refractivity contribution < 1.29 is 0 Å². The van der Waals surface area contributed by atoms with Crippen LogP contribution in [-0.4, -0.2) is 17.0 Å². The molecular formula is C12H10BrCl2N3. The molecule has 0 radical (unpaired) electrons. The van der Waals surface area contributed by atoms with E-state index >= 15 is 0 Å². The van der Waals surface area contributed by atoms with E-state index in [0.717, 1.165) is 16.4 Å². The molecule has 0 aliphatic rings. The van der Waals surface area contributed by atoms with Crippen molar-refractivity contribution >= 4 is 44.9 Å². The van der Waals surface area contributed by atoms with Crippen LogP contribution in [0.25, 0.3) is 0 Å². The molecule has 0 spiro atoms. The van der Waals surface area contributed by atoms with Gasteiger partial charge in [-0.3, -0.25) is 0 Å². The van der Waals surface area contributed by atoms with Crippen molar-refractivity contribution in [2.75, 3.05) is 11.9 Å². The molecule has 0 saturated heterocycles. The molecule has 3 nitrogen and oxygen atoms in total. The van der Waals surface area contributed by atoms with Crippen LogP contribution in [0.1, 0.15) is 5.56 Å². The molecule has 0 amide bonds. The van der Waals surface area contributed by atoms with Gasteiger partial charge in [-0.2, -0.15) is 0 Å². The Morgan fingerprint density at radius 2 is 1.94 bits per heavy atom. The maximum Gasteiger partial charge on any atom is 0.148 e. The van der Waals surface area contributed by atoms with Crippen molar-refractivity contribution in [3.05, 3.63) is 50.8 Å². The lowest BCUT2D eigenvalue weighted by atomic mass is 10.2. The van der Waals surface area contributed by atoms with Crippen molar-refractivity contribution in [3.8, 4) is 0 Å². The highest BCUT2D eigenvalue weighted by atomic mass is 79.9. The quantitative estimate of drug-likeness (QED) is 0.780. The monoisotopic (exact) mass is 345 g/mol. The van der Waals surface area contributed by atoms with Crippen LogP contribution in [0.3, 0.4) is 0 Å². The van der Waals surface area contributed by atoms with E-state index in [2.05, 4.69) is 25.9 Å². The van der Waals surface area contributed by atoms with Gasteiger partial charge in [0, 0.05) is 18.6 Å². The molecule has 1 aromatic heterocycles. The highest BCUT2D eigenvalue weighted by Gasteiger charge is 2.12. The Bertz CT molecular complexity index is 563. The molecule has 94 valence electrons. The van der Waals surface area contributed by atoms with E-state index < -0.39 is 0 Å². The summed E-state index contributed by atoms with van der Waals surface area (Å²) >= 11 is 15.5. The van der Waals surface area contributed by atoms with Crippen LogP contribution in [-0.2, 0) is 6.54 Å². The number of benzene rings is 1. The molecule has 1 heterocycles. The Balaban J connectivity index is 2.25. The van der Waals surface area contributed by atoms with Crippen LogP contribution in [0, 0.1) is 0 Å². The molecule has 6 heteroatoms. The van der Waals surface area contributed by atoms with Crippen LogP contribution in [0.5, 0.6) is 0 Å². The molecular weight excluding hydrogens is 337 g/mol. The van der Waals surface area contributed by atoms with Gasteiger partial charge in [0.15, 0.2) is 0 Å². The minimum Gasteiger partial charge on any atom is -0.354 e. The fourth-order valence-electron chi connectivity index (χ4n) is 1.56. The van der Waals surface area contributed by atoms with Crippen LogP contribution in [0.2, 0.25) is 10.2 Å². The summed E-state index contributed by atoms with van der Waals surface area (Å²) in [6.45, 7) is 0.644. The van der Waals surface area contributed by atoms with Crippen molar-refractivity contribution in [2.24, 2.45) is 0 Å². The van der Waals surface area contributed by atoms with Gasteiger partial charge in [0.1, 0.15) is 17.3 Å². The van der Waals surface area contributed by atoms with Crippen molar-refractivity contribution in [2.45, 2.75) is 6.54 Å². The van der Waals surface area contributed by atoms with Crippen LogP contribution in [0.4, 0.5) is 5.82 Å². The summed E-state index contributed by atoms with van der Waals surface area (Å²) in [5, 5.41) is 1.13. The topological polar surface area (TPSA) is 29.0 Å². The van der Waals surface area contributed by atoms with Gasteiger partial charge < -0.3 is 4.90 Å². The highest BCUT2D eigenvalue weighted by molar-refractivity contribution is 9.10. The maximum absolute atomic E-state index is 6.13. The largest absolute Gasteiger partial charge is 0.354 e. The van der Waals surface area contributed by atoms with Gasteiger partial charge in [-0.25, -0.2) is 9.97 Å². The van der Waals surface area contributed by atoms with Crippen molar-refractivity contribution in [1.82, 2.24) is 9.97 Å². The third kappa shape index (κ3) is 2.94. The minimum atomic E-state index is 0.394. The molecule has 0 aliphatic heterocycles. The fourth-order valence-corrected chi connectivity index (χ4v) is 2.39. The lowest BCUT2D eigenvalue weighted by molar-refractivity contribution is 0.886. The normalized spacial score (nSPS) is 10.4. The molecule has 0 bridgehead atoms. The zero-order chi connectivity index (χ0) is 13.1. The number of hydrogen-bond donors (Lipinski definition) is 0. The van der Waals surface area contributed by atoms with E-state index in [1.54, 1.807) is 0 Å². The number of hydrogen-bond acceptors (Lipinski definition) is 3. The zero-order valence-corrected chi connectivity index (χ0v) is 12.7. The lowest BCUT2D eigenvalue weighted by Gasteiger charge is -2.20. The average molecular weight is 347 g/mol. The molecule has 2 aromatic rings. The Labute approximate surface area is 124 Å². The Morgan fingerprint density at radius 1 is 1.22 bits per heavy atom. The van der Waals surface area contributed by atoms with Crippen LogP contribution < -0.4 is 4.90 Å². The number of aromatic nitrogens is 2. The molecule has 2 rings (SSSR count). The maximum atomic E-state index is 6.13. The van der Waals surface area contributed by atoms with Crippen LogP contribution in [0.15, 0.2) is 35.1 Å². The molecule has 0 saturated carbocycles. The summed E-state index contributed by atoms with van der Waals surface area (Å²) in [4.78, 5) is 10.1. The highest BCUT2D eigenvalue weighted by Crippen LogP contribution is 2.29. The molecule has 0 aliphatic carbocycles.